The summed E-state index contributed by atoms with van der Waals surface area (Å²) in [5, 5.41) is 4.07. The Bertz CT molecular complexity index is 716. The molecule has 3 heterocycles. The topological polar surface area (TPSA) is 76.4 Å². The monoisotopic (exact) mass is 330 g/mol. The molecule has 1 atom stereocenters. The first-order valence-corrected chi connectivity index (χ1v) is 8.05. The molecule has 2 aromatic rings. The van der Waals surface area contributed by atoms with Crippen molar-refractivity contribution in [1.82, 2.24) is 24.6 Å². The van der Waals surface area contributed by atoms with E-state index in [2.05, 4.69) is 20.0 Å². The number of likely N-dealkylation sites (N-methyl/N-ethyl adjacent to an activating group) is 1. The summed E-state index contributed by atoms with van der Waals surface area (Å²) in [7, 11) is 3.61. The van der Waals surface area contributed by atoms with Crippen LogP contribution in [-0.4, -0.2) is 63.3 Å². The summed E-state index contributed by atoms with van der Waals surface area (Å²) in [6.45, 7) is 3.98. The van der Waals surface area contributed by atoms with Crippen molar-refractivity contribution in [3.63, 3.8) is 0 Å². The Morgan fingerprint density at radius 3 is 2.88 bits per heavy atom. The lowest BCUT2D eigenvalue weighted by Crippen LogP contribution is -2.40. The van der Waals surface area contributed by atoms with Crippen LogP contribution in [0, 0.1) is 0 Å². The van der Waals surface area contributed by atoms with Gasteiger partial charge in [-0.1, -0.05) is 0 Å². The van der Waals surface area contributed by atoms with E-state index in [1.54, 1.807) is 41.3 Å². The smallest absolute Gasteiger partial charge is 0.272 e. The van der Waals surface area contributed by atoms with Crippen LogP contribution in [0.2, 0.25) is 0 Å². The van der Waals surface area contributed by atoms with Gasteiger partial charge in [0, 0.05) is 45.8 Å². The molecule has 0 unspecified atom stereocenters. The van der Waals surface area contributed by atoms with Gasteiger partial charge in [-0.2, -0.15) is 5.10 Å². The number of hydrogen-bond acceptors (Lipinski definition) is 6. The molecular formula is C16H22N6O2. The summed E-state index contributed by atoms with van der Waals surface area (Å²) in [6.07, 6.45) is 5.80. The van der Waals surface area contributed by atoms with Gasteiger partial charge < -0.3 is 14.5 Å². The van der Waals surface area contributed by atoms with Crippen LogP contribution < -0.4 is 9.64 Å². The second-order valence-electron chi connectivity index (χ2n) is 5.76. The van der Waals surface area contributed by atoms with Crippen molar-refractivity contribution in [3.8, 4) is 5.88 Å². The first kappa shape index (κ1) is 16.2. The number of carbonyl (C=O) groups is 1. The lowest BCUT2D eigenvalue weighted by molar-refractivity contribution is 0.0734. The summed E-state index contributed by atoms with van der Waals surface area (Å²) in [4.78, 5) is 25.2. The number of hydrogen-bond donors (Lipinski definition) is 0. The highest BCUT2D eigenvalue weighted by atomic mass is 16.5. The quantitative estimate of drug-likeness (QED) is 0.813. The van der Waals surface area contributed by atoms with Gasteiger partial charge in [0.25, 0.3) is 11.8 Å². The van der Waals surface area contributed by atoms with E-state index in [1.807, 2.05) is 14.0 Å². The minimum Gasteiger partial charge on any atom is -0.475 e. The van der Waals surface area contributed by atoms with Gasteiger partial charge in [-0.3, -0.25) is 9.48 Å². The molecule has 1 saturated heterocycles. The summed E-state index contributed by atoms with van der Waals surface area (Å²) in [6, 6.07) is 1.85. The largest absolute Gasteiger partial charge is 0.475 e. The van der Waals surface area contributed by atoms with Crippen molar-refractivity contribution < 1.29 is 9.53 Å². The first-order valence-electron chi connectivity index (χ1n) is 8.05. The van der Waals surface area contributed by atoms with Gasteiger partial charge in [0.05, 0.1) is 12.6 Å². The molecule has 0 aliphatic carbocycles. The Labute approximate surface area is 141 Å². The van der Waals surface area contributed by atoms with Crippen LogP contribution in [0.1, 0.15) is 23.8 Å². The van der Waals surface area contributed by atoms with Gasteiger partial charge in [0.15, 0.2) is 5.82 Å². The zero-order valence-corrected chi connectivity index (χ0v) is 14.2. The molecule has 0 spiro atoms. The van der Waals surface area contributed by atoms with E-state index in [4.69, 9.17) is 4.74 Å². The Morgan fingerprint density at radius 1 is 1.38 bits per heavy atom. The number of amides is 1. The molecule has 1 aliphatic rings. The van der Waals surface area contributed by atoms with E-state index < -0.39 is 0 Å². The third-order valence-electron chi connectivity index (χ3n) is 4.30. The molecule has 24 heavy (non-hydrogen) atoms. The number of ether oxygens (including phenoxy) is 1. The molecule has 0 bridgehead atoms. The van der Waals surface area contributed by atoms with Gasteiger partial charge >= 0.3 is 0 Å². The molecule has 3 rings (SSSR count). The molecule has 1 fully saturated rings. The second-order valence-corrected chi connectivity index (χ2v) is 5.76. The van der Waals surface area contributed by atoms with Gasteiger partial charge in [-0.15, -0.1) is 0 Å². The van der Waals surface area contributed by atoms with Gasteiger partial charge in [0.2, 0.25) is 0 Å². The van der Waals surface area contributed by atoms with E-state index in [1.165, 1.54) is 0 Å². The maximum absolute atomic E-state index is 12.6. The molecule has 8 nitrogen and oxygen atoms in total. The molecule has 0 saturated carbocycles. The fourth-order valence-electron chi connectivity index (χ4n) is 2.95. The molecule has 0 aromatic carbocycles. The van der Waals surface area contributed by atoms with Crippen LogP contribution in [0.25, 0.3) is 0 Å². The maximum Gasteiger partial charge on any atom is 0.272 e. The number of carbonyl (C=O) groups excluding carboxylic acids is 1. The lowest BCUT2D eigenvalue weighted by Gasteiger charge is -2.25. The molecule has 0 N–H and O–H groups in total. The van der Waals surface area contributed by atoms with E-state index in [0.717, 1.165) is 18.8 Å². The molecule has 1 aliphatic heterocycles. The van der Waals surface area contributed by atoms with Gasteiger partial charge in [-0.25, -0.2) is 9.97 Å². The number of nitrogens with zero attached hydrogens (tertiary/aromatic N) is 6. The fourth-order valence-corrected chi connectivity index (χ4v) is 2.95. The third kappa shape index (κ3) is 3.04. The summed E-state index contributed by atoms with van der Waals surface area (Å²) < 4.78 is 7.16. The number of rotatable bonds is 5. The van der Waals surface area contributed by atoms with E-state index in [9.17, 15) is 4.79 Å². The molecule has 0 radical (unpaired) electrons. The van der Waals surface area contributed by atoms with Crippen molar-refractivity contribution in [2.24, 2.45) is 7.05 Å². The van der Waals surface area contributed by atoms with Crippen molar-refractivity contribution in [1.29, 1.82) is 0 Å². The fraction of sp³-hybridized carbons (Fsp3) is 0.500. The Kier molecular flexibility index (Phi) is 4.64. The molecule has 8 heteroatoms. The summed E-state index contributed by atoms with van der Waals surface area (Å²) in [5.41, 5.74) is 0.588. The predicted molar refractivity (Wildman–Crippen MR) is 89.1 cm³/mol. The maximum atomic E-state index is 12.6. The van der Waals surface area contributed by atoms with Crippen molar-refractivity contribution >= 4 is 11.7 Å². The van der Waals surface area contributed by atoms with E-state index in [-0.39, 0.29) is 11.9 Å². The lowest BCUT2D eigenvalue weighted by atomic mass is 10.2. The molecule has 1 amide bonds. The van der Waals surface area contributed by atoms with Gasteiger partial charge in [0.1, 0.15) is 5.69 Å². The average molecular weight is 330 g/mol. The third-order valence-corrected chi connectivity index (χ3v) is 4.30. The van der Waals surface area contributed by atoms with Crippen LogP contribution in [0.15, 0.2) is 24.7 Å². The predicted octanol–water partition coefficient (Wildman–Crippen LogP) is 0.960. The zero-order valence-electron chi connectivity index (χ0n) is 14.2. The highest BCUT2D eigenvalue weighted by Crippen LogP contribution is 2.27. The SMILES string of the molecule is CCOc1nccnc1N1CC[C@@H](N(C)C(=O)c2ccnn2C)C1. The van der Waals surface area contributed by atoms with Crippen molar-refractivity contribution in [2.45, 2.75) is 19.4 Å². The first-order chi connectivity index (χ1) is 11.6. The number of aromatic nitrogens is 4. The summed E-state index contributed by atoms with van der Waals surface area (Å²) >= 11 is 0. The number of aryl methyl sites for hydroxylation is 1. The van der Waals surface area contributed by atoms with Gasteiger partial charge in [-0.05, 0) is 19.4 Å². The molecule has 128 valence electrons. The Hall–Kier alpha value is -2.64. The van der Waals surface area contributed by atoms with Crippen LogP contribution in [0.4, 0.5) is 5.82 Å². The van der Waals surface area contributed by atoms with Crippen LogP contribution in [0.3, 0.4) is 0 Å². The number of anilines is 1. The normalized spacial score (nSPS) is 17.1. The van der Waals surface area contributed by atoms with Crippen LogP contribution >= 0.6 is 0 Å². The Balaban J connectivity index is 1.71. The average Bonchev–Trinajstić information content (AvgIpc) is 3.23. The molecule has 2 aromatic heterocycles. The van der Waals surface area contributed by atoms with Crippen molar-refractivity contribution in [2.75, 3.05) is 31.6 Å². The standard InChI is InChI=1S/C16H22N6O2/c1-4-24-15-14(17-8-9-18-15)22-10-6-12(11-22)20(2)16(23)13-5-7-19-21(13)3/h5,7-9,12H,4,6,10-11H2,1-3H3/t12-/m1/s1. The minimum absolute atomic E-state index is 0.0222. The summed E-state index contributed by atoms with van der Waals surface area (Å²) in [5.74, 6) is 1.26. The highest BCUT2D eigenvalue weighted by Gasteiger charge is 2.31. The van der Waals surface area contributed by atoms with Crippen molar-refractivity contribution in [3.05, 3.63) is 30.4 Å². The van der Waals surface area contributed by atoms with E-state index in [0.29, 0.717) is 24.7 Å². The van der Waals surface area contributed by atoms with Crippen LogP contribution in [0.5, 0.6) is 5.88 Å². The second kappa shape index (κ2) is 6.86. The Morgan fingerprint density at radius 2 is 2.17 bits per heavy atom. The molecular weight excluding hydrogens is 308 g/mol. The zero-order chi connectivity index (χ0) is 17.1. The van der Waals surface area contributed by atoms with E-state index >= 15 is 0 Å². The highest BCUT2D eigenvalue weighted by molar-refractivity contribution is 5.92. The minimum atomic E-state index is -0.0222. The van der Waals surface area contributed by atoms with Crippen LogP contribution in [-0.2, 0) is 7.05 Å².